The number of fused-ring (bicyclic) bond motifs is 1. The van der Waals surface area contributed by atoms with E-state index in [9.17, 15) is 4.79 Å². The maximum atomic E-state index is 13.0. The fourth-order valence-electron chi connectivity index (χ4n) is 3.34. The van der Waals surface area contributed by atoms with Gasteiger partial charge in [-0.25, -0.2) is 15.0 Å². The molecule has 7 nitrogen and oxygen atoms in total. The minimum atomic E-state index is -0.244. The van der Waals surface area contributed by atoms with E-state index >= 15 is 0 Å². The zero-order valence-electron chi connectivity index (χ0n) is 15.1. The van der Waals surface area contributed by atoms with Crippen molar-refractivity contribution in [1.29, 1.82) is 0 Å². The quantitative estimate of drug-likeness (QED) is 0.708. The van der Waals surface area contributed by atoms with Gasteiger partial charge in [0.05, 0.1) is 18.8 Å². The molecule has 3 aromatic rings. The third kappa shape index (κ3) is 3.06. The number of amides is 1. The smallest absolute Gasteiger partial charge is 0.274 e. The average Bonchev–Trinajstić information content (AvgIpc) is 3.06. The van der Waals surface area contributed by atoms with E-state index in [1.54, 1.807) is 11.1 Å². The van der Waals surface area contributed by atoms with Crippen molar-refractivity contribution in [3.8, 4) is 0 Å². The summed E-state index contributed by atoms with van der Waals surface area (Å²) in [5, 5.41) is 0. The molecule has 0 aliphatic carbocycles. The maximum absolute atomic E-state index is 13.0. The predicted octanol–water partition coefficient (Wildman–Crippen LogP) is 2.26. The maximum Gasteiger partial charge on any atom is 0.274 e. The van der Waals surface area contributed by atoms with Crippen molar-refractivity contribution in [2.75, 3.05) is 19.7 Å². The Morgan fingerprint density at radius 1 is 1.19 bits per heavy atom. The van der Waals surface area contributed by atoms with Crippen molar-refractivity contribution >= 4 is 11.6 Å². The van der Waals surface area contributed by atoms with Crippen LogP contribution in [0.2, 0.25) is 0 Å². The Balaban J connectivity index is 1.58. The third-order valence-electron chi connectivity index (χ3n) is 4.58. The van der Waals surface area contributed by atoms with E-state index in [1.165, 1.54) is 0 Å². The van der Waals surface area contributed by atoms with E-state index < -0.39 is 0 Å². The Morgan fingerprint density at radius 2 is 2.04 bits per heavy atom. The number of aryl methyl sites for hydroxylation is 3. The highest BCUT2D eigenvalue weighted by Gasteiger charge is 2.28. The van der Waals surface area contributed by atoms with Gasteiger partial charge in [-0.15, -0.1) is 0 Å². The minimum absolute atomic E-state index is 0.0797. The first-order valence-corrected chi connectivity index (χ1v) is 8.69. The van der Waals surface area contributed by atoms with Gasteiger partial charge < -0.3 is 14.0 Å². The minimum Gasteiger partial charge on any atom is -0.368 e. The fourth-order valence-corrected chi connectivity index (χ4v) is 3.34. The number of nitrogens with zero attached hydrogens (tertiary/aromatic N) is 5. The number of rotatable bonds is 2. The number of imidazole rings is 1. The van der Waals surface area contributed by atoms with Gasteiger partial charge in [-0.1, -0.05) is 6.07 Å². The summed E-state index contributed by atoms with van der Waals surface area (Å²) >= 11 is 0. The van der Waals surface area contributed by atoms with Crippen LogP contribution in [0.25, 0.3) is 5.65 Å². The predicted molar refractivity (Wildman–Crippen MR) is 96.0 cm³/mol. The second-order valence-electron chi connectivity index (χ2n) is 6.61. The molecule has 134 valence electrons. The van der Waals surface area contributed by atoms with Crippen LogP contribution in [-0.2, 0) is 4.74 Å². The number of hydrogen-bond donors (Lipinski definition) is 0. The van der Waals surface area contributed by atoms with Gasteiger partial charge in [0.2, 0.25) is 0 Å². The highest BCUT2D eigenvalue weighted by atomic mass is 16.5. The lowest BCUT2D eigenvalue weighted by Crippen LogP contribution is -2.42. The van der Waals surface area contributed by atoms with Gasteiger partial charge in [0.15, 0.2) is 0 Å². The summed E-state index contributed by atoms with van der Waals surface area (Å²) < 4.78 is 7.79. The average molecular weight is 351 g/mol. The molecule has 1 aliphatic heterocycles. The Bertz CT molecular complexity index is 961. The lowest BCUT2D eigenvalue weighted by Gasteiger charge is -2.32. The Hall–Kier alpha value is -2.80. The summed E-state index contributed by atoms with van der Waals surface area (Å²) in [4.78, 5) is 28.0. The molecule has 0 N–H and O–H groups in total. The van der Waals surface area contributed by atoms with Crippen LogP contribution in [-0.4, -0.2) is 49.9 Å². The van der Waals surface area contributed by atoms with Crippen molar-refractivity contribution in [3.05, 3.63) is 59.1 Å². The molecule has 1 fully saturated rings. The number of morpholine rings is 1. The normalized spacial score (nSPS) is 17.7. The van der Waals surface area contributed by atoms with E-state index in [0.717, 1.165) is 22.7 Å². The van der Waals surface area contributed by atoms with Gasteiger partial charge in [-0.3, -0.25) is 4.79 Å². The first kappa shape index (κ1) is 16.7. The van der Waals surface area contributed by atoms with E-state index in [4.69, 9.17) is 4.74 Å². The monoisotopic (exact) mass is 351 g/mol. The van der Waals surface area contributed by atoms with Crippen molar-refractivity contribution in [3.63, 3.8) is 0 Å². The first-order chi connectivity index (χ1) is 12.5. The molecule has 1 aliphatic rings. The molecule has 26 heavy (non-hydrogen) atoms. The molecule has 1 amide bonds. The molecular formula is C19H21N5O2. The van der Waals surface area contributed by atoms with Gasteiger partial charge in [-0.05, 0) is 39.0 Å². The Morgan fingerprint density at radius 3 is 2.81 bits per heavy atom. The molecule has 1 saturated heterocycles. The van der Waals surface area contributed by atoms with E-state index in [1.807, 2.05) is 49.4 Å². The van der Waals surface area contributed by atoms with Crippen LogP contribution in [0.15, 0.2) is 30.5 Å². The summed E-state index contributed by atoms with van der Waals surface area (Å²) in [6, 6.07) is 7.75. The molecule has 0 aromatic carbocycles. The molecule has 4 heterocycles. The summed E-state index contributed by atoms with van der Waals surface area (Å²) in [6.45, 7) is 7.27. The van der Waals surface area contributed by atoms with Gasteiger partial charge >= 0.3 is 0 Å². The van der Waals surface area contributed by atoms with E-state index in [-0.39, 0.29) is 12.0 Å². The SMILES string of the molecule is Cc1cc(C2CN(C(=O)c3cn4c(C)cccc4n3)CCO2)nc(C)n1. The molecule has 4 rings (SSSR count). The molecule has 0 spiro atoms. The highest BCUT2D eigenvalue weighted by Crippen LogP contribution is 2.22. The number of ether oxygens (including phenoxy) is 1. The van der Waals surface area contributed by atoms with Crippen LogP contribution in [0, 0.1) is 20.8 Å². The second-order valence-corrected chi connectivity index (χ2v) is 6.61. The van der Waals surface area contributed by atoms with Gasteiger partial charge in [0, 0.05) is 24.1 Å². The van der Waals surface area contributed by atoms with Gasteiger partial charge in [0.1, 0.15) is 23.3 Å². The Kier molecular flexibility index (Phi) is 4.16. The molecule has 3 aromatic heterocycles. The van der Waals surface area contributed by atoms with Crippen molar-refractivity contribution in [1.82, 2.24) is 24.3 Å². The van der Waals surface area contributed by atoms with E-state index in [0.29, 0.717) is 31.2 Å². The molecule has 1 atom stereocenters. The first-order valence-electron chi connectivity index (χ1n) is 8.69. The summed E-state index contributed by atoms with van der Waals surface area (Å²) in [7, 11) is 0. The zero-order valence-corrected chi connectivity index (χ0v) is 15.1. The standard InChI is InChI=1S/C19H21N5O2/c1-12-9-15(21-14(3)20-12)17-11-23(7-8-26-17)19(25)16-10-24-13(2)5-4-6-18(24)22-16/h4-6,9-10,17H,7-8,11H2,1-3H3. The molecule has 0 radical (unpaired) electrons. The van der Waals surface area contributed by atoms with Crippen LogP contribution >= 0.6 is 0 Å². The summed E-state index contributed by atoms with van der Waals surface area (Å²) in [6.07, 6.45) is 1.56. The zero-order chi connectivity index (χ0) is 18.3. The lowest BCUT2D eigenvalue weighted by molar-refractivity contribution is -0.0250. The van der Waals surface area contributed by atoms with Crippen LogP contribution in [0.4, 0.5) is 0 Å². The summed E-state index contributed by atoms with van der Waals surface area (Å²) in [5.41, 5.74) is 3.99. The fraction of sp³-hybridized carbons (Fsp3) is 0.368. The van der Waals surface area contributed by atoms with Gasteiger partial charge in [-0.2, -0.15) is 0 Å². The highest BCUT2D eigenvalue weighted by molar-refractivity contribution is 5.93. The van der Waals surface area contributed by atoms with Crippen molar-refractivity contribution < 1.29 is 9.53 Å². The van der Waals surface area contributed by atoms with Crippen molar-refractivity contribution in [2.45, 2.75) is 26.9 Å². The lowest BCUT2D eigenvalue weighted by atomic mass is 10.1. The third-order valence-corrected chi connectivity index (χ3v) is 4.58. The number of carbonyl (C=O) groups is 1. The number of aromatic nitrogens is 4. The molecule has 0 saturated carbocycles. The van der Waals surface area contributed by atoms with Crippen molar-refractivity contribution in [2.24, 2.45) is 0 Å². The van der Waals surface area contributed by atoms with Crippen LogP contribution in [0.1, 0.15) is 39.5 Å². The van der Waals surface area contributed by atoms with Crippen LogP contribution in [0.3, 0.4) is 0 Å². The molecule has 0 bridgehead atoms. The molecule has 1 unspecified atom stereocenters. The van der Waals surface area contributed by atoms with Crippen LogP contribution in [0.5, 0.6) is 0 Å². The molecular weight excluding hydrogens is 330 g/mol. The number of carbonyl (C=O) groups excluding carboxylic acids is 1. The number of hydrogen-bond acceptors (Lipinski definition) is 5. The van der Waals surface area contributed by atoms with Gasteiger partial charge in [0.25, 0.3) is 5.91 Å². The second kappa shape index (κ2) is 6.49. The largest absolute Gasteiger partial charge is 0.368 e. The topological polar surface area (TPSA) is 72.6 Å². The Labute approximate surface area is 151 Å². The molecule has 7 heteroatoms. The van der Waals surface area contributed by atoms with Crippen LogP contribution < -0.4 is 0 Å². The summed E-state index contributed by atoms with van der Waals surface area (Å²) in [5.74, 6) is 0.631. The number of pyridine rings is 1. The van der Waals surface area contributed by atoms with E-state index in [2.05, 4.69) is 15.0 Å².